The molecule has 2 rings (SSSR count). The predicted molar refractivity (Wildman–Crippen MR) is 95.1 cm³/mol. The lowest BCUT2D eigenvalue weighted by Crippen LogP contribution is -2.83. The number of ether oxygens (including phenoxy) is 2. The van der Waals surface area contributed by atoms with Gasteiger partial charge < -0.3 is 19.9 Å². The lowest BCUT2D eigenvalue weighted by molar-refractivity contribution is -0.212. The van der Waals surface area contributed by atoms with Crippen molar-refractivity contribution in [1.29, 1.82) is 0 Å². The molecule has 0 aliphatic carbocycles. The van der Waals surface area contributed by atoms with E-state index in [0.29, 0.717) is 5.75 Å². The average Bonchev–Trinajstić information content (AvgIpc) is 2.53. The fraction of sp³-hybridized carbons (Fsp3) is 0.471. The van der Waals surface area contributed by atoms with Crippen LogP contribution in [0.1, 0.15) is 27.7 Å². The van der Waals surface area contributed by atoms with Crippen molar-refractivity contribution in [2.24, 2.45) is 0 Å². The quantitative estimate of drug-likeness (QED) is 0.299. The summed E-state index contributed by atoms with van der Waals surface area (Å²) in [6, 6.07) is 8.35. The molecular weight excluding hydrogens is 360 g/mol. The number of carbonyl (C=O) groups excluding carboxylic acids is 3. The second-order valence-electron chi connectivity index (χ2n) is 6.83. The first-order valence-corrected chi connectivity index (χ1v) is 8.44. The number of hydrogen-bond donors (Lipinski definition) is 3. The van der Waals surface area contributed by atoms with Crippen LogP contribution in [0.25, 0.3) is 0 Å². The van der Waals surface area contributed by atoms with Crippen LogP contribution in [-0.2, 0) is 19.1 Å². The van der Waals surface area contributed by atoms with Crippen LogP contribution >= 0.6 is 12.6 Å². The summed E-state index contributed by atoms with van der Waals surface area (Å²) >= 11 is 4.27. The average molecular weight is 382 g/mol. The smallest absolute Gasteiger partial charge is 0.357 e. The maximum Gasteiger partial charge on any atom is 0.357 e. The molecule has 2 N–H and O–H groups in total. The van der Waals surface area contributed by atoms with Gasteiger partial charge in [-0.3, -0.25) is 14.5 Å². The van der Waals surface area contributed by atoms with Gasteiger partial charge in [0, 0.05) is 6.92 Å². The first kappa shape index (κ1) is 20.1. The third kappa shape index (κ3) is 3.94. The number of hydrogen-bond acceptors (Lipinski definition) is 7. The van der Waals surface area contributed by atoms with Crippen molar-refractivity contribution in [3.05, 3.63) is 30.3 Å². The number of esters is 1. The third-order valence-electron chi connectivity index (χ3n) is 3.44. The zero-order valence-electron chi connectivity index (χ0n) is 14.9. The van der Waals surface area contributed by atoms with E-state index in [9.17, 15) is 19.5 Å². The fourth-order valence-corrected chi connectivity index (χ4v) is 2.89. The van der Waals surface area contributed by atoms with Crippen LogP contribution in [0.3, 0.4) is 0 Å². The first-order valence-electron chi connectivity index (χ1n) is 7.92. The topological polar surface area (TPSA) is 105 Å². The monoisotopic (exact) mass is 382 g/mol. The van der Waals surface area contributed by atoms with E-state index in [1.807, 2.05) is 0 Å². The molecule has 142 valence electrons. The Balaban J connectivity index is 2.23. The van der Waals surface area contributed by atoms with Crippen LogP contribution in [0, 0.1) is 0 Å². The van der Waals surface area contributed by atoms with Gasteiger partial charge in [0.1, 0.15) is 16.7 Å². The van der Waals surface area contributed by atoms with Crippen molar-refractivity contribution in [3.63, 3.8) is 0 Å². The van der Waals surface area contributed by atoms with E-state index in [1.165, 1.54) is 6.92 Å². The van der Waals surface area contributed by atoms with Crippen molar-refractivity contribution < 1.29 is 29.0 Å². The van der Waals surface area contributed by atoms with Crippen LogP contribution in [0.15, 0.2) is 30.3 Å². The standard InChI is InChI=1S/C17H22N2O6S/c1-10(20)18-17(24-11-8-6-5-7-9-11)14(23)19(15(17)26)12(21)13(22)25-16(2,3)4/h5-9,12,15,21,26H,1-4H3,(H,18,20). The number of nitrogens with zero attached hydrogens (tertiary/aromatic N) is 1. The molecule has 3 unspecified atom stereocenters. The normalized spacial score (nSPS) is 23.7. The number of amides is 2. The minimum Gasteiger partial charge on any atom is -0.457 e. The molecule has 1 aromatic carbocycles. The molecule has 1 heterocycles. The molecule has 1 aromatic rings. The molecule has 2 amide bonds. The molecule has 0 spiro atoms. The van der Waals surface area contributed by atoms with Crippen LogP contribution in [0.2, 0.25) is 0 Å². The predicted octanol–water partition coefficient (Wildman–Crippen LogP) is 0.656. The van der Waals surface area contributed by atoms with Crippen LogP contribution < -0.4 is 10.1 Å². The summed E-state index contributed by atoms with van der Waals surface area (Å²) in [5, 5.41) is 11.5. The van der Waals surface area contributed by atoms with E-state index in [0.717, 1.165) is 4.90 Å². The first-order chi connectivity index (χ1) is 12.0. The number of likely N-dealkylation sites (tertiary alicyclic amines) is 1. The second kappa shape index (κ2) is 7.16. The molecule has 0 saturated carbocycles. The summed E-state index contributed by atoms with van der Waals surface area (Å²) in [6.45, 7) is 6.12. The number of aliphatic hydroxyl groups excluding tert-OH is 1. The maximum absolute atomic E-state index is 12.7. The van der Waals surface area contributed by atoms with Crippen molar-refractivity contribution in [3.8, 4) is 5.75 Å². The minimum absolute atomic E-state index is 0.319. The van der Waals surface area contributed by atoms with E-state index < -0.39 is 40.7 Å². The number of rotatable bonds is 5. The number of β-lactam (4-membered cyclic amide) rings is 1. The minimum atomic E-state index is -1.87. The van der Waals surface area contributed by atoms with Crippen LogP contribution in [-0.4, -0.2) is 50.7 Å². The summed E-state index contributed by atoms with van der Waals surface area (Å²) < 4.78 is 10.7. The summed E-state index contributed by atoms with van der Waals surface area (Å²) in [5.74, 6) is -2.02. The van der Waals surface area contributed by atoms with Gasteiger partial charge in [-0.1, -0.05) is 18.2 Å². The van der Waals surface area contributed by atoms with Gasteiger partial charge in [-0.15, -0.1) is 12.6 Å². The van der Waals surface area contributed by atoms with E-state index in [2.05, 4.69) is 17.9 Å². The van der Waals surface area contributed by atoms with Crippen LogP contribution in [0.4, 0.5) is 0 Å². The van der Waals surface area contributed by atoms with Gasteiger partial charge in [-0.25, -0.2) is 4.79 Å². The van der Waals surface area contributed by atoms with Crippen molar-refractivity contribution in [2.45, 2.75) is 50.6 Å². The Morgan fingerprint density at radius 2 is 1.88 bits per heavy atom. The van der Waals surface area contributed by atoms with Crippen molar-refractivity contribution in [1.82, 2.24) is 10.2 Å². The lowest BCUT2D eigenvalue weighted by atomic mass is 10.0. The second-order valence-corrected chi connectivity index (χ2v) is 7.31. The van der Waals surface area contributed by atoms with Gasteiger partial charge in [-0.2, -0.15) is 0 Å². The molecule has 0 bridgehead atoms. The van der Waals surface area contributed by atoms with Crippen molar-refractivity contribution in [2.75, 3.05) is 0 Å². The van der Waals surface area contributed by atoms with E-state index in [1.54, 1.807) is 51.1 Å². The van der Waals surface area contributed by atoms with Gasteiger partial charge in [-0.05, 0) is 32.9 Å². The fourth-order valence-electron chi connectivity index (χ4n) is 2.43. The number of nitrogens with one attached hydrogen (secondary N) is 1. The molecule has 26 heavy (non-hydrogen) atoms. The van der Waals surface area contributed by atoms with Gasteiger partial charge in [0.05, 0.1) is 0 Å². The Kier molecular flexibility index (Phi) is 5.52. The Labute approximate surface area is 156 Å². The van der Waals surface area contributed by atoms with Gasteiger partial charge in [0.2, 0.25) is 12.1 Å². The summed E-state index contributed by atoms with van der Waals surface area (Å²) in [5.41, 5.74) is -2.67. The lowest BCUT2D eigenvalue weighted by Gasteiger charge is -2.53. The molecule has 1 fully saturated rings. The summed E-state index contributed by atoms with van der Waals surface area (Å²) in [7, 11) is 0. The summed E-state index contributed by atoms with van der Waals surface area (Å²) in [6.07, 6.45) is -1.87. The molecule has 1 aliphatic heterocycles. The molecule has 8 nitrogen and oxygen atoms in total. The number of para-hydroxylation sites is 1. The zero-order chi connectivity index (χ0) is 19.7. The summed E-state index contributed by atoms with van der Waals surface area (Å²) in [4.78, 5) is 37.1. The molecule has 1 aliphatic rings. The number of carbonyl (C=O) groups is 3. The van der Waals surface area contributed by atoms with Gasteiger partial charge in [0.25, 0.3) is 11.6 Å². The molecule has 0 radical (unpaired) electrons. The Morgan fingerprint density at radius 3 is 2.35 bits per heavy atom. The molecule has 1 saturated heterocycles. The van der Waals surface area contributed by atoms with E-state index >= 15 is 0 Å². The van der Waals surface area contributed by atoms with E-state index in [-0.39, 0.29) is 0 Å². The van der Waals surface area contributed by atoms with Gasteiger partial charge >= 0.3 is 5.97 Å². The highest BCUT2D eigenvalue weighted by Gasteiger charge is 2.66. The largest absolute Gasteiger partial charge is 0.457 e. The zero-order valence-corrected chi connectivity index (χ0v) is 15.8. The Hall–Kier alpha value is -2.26. The SMILES string of the molecule is CC(=O)NC1(Oc2ccccc2)C(=O)N(C(O)C(=O)OC(C)(C)C)C1S. The molecular formula is C17H22N2O6S. The van der Waals surface area contributed by atoms with Gasteiger partial charge in [0.15, 0.2) is 0 Å². The highest BCUT2D eigenvalue weighted by Crippen LogP contribution is 2.37. The maximum atomic E-state index is 12.7. The van der Waals surface area contributed by atoms with Crippen LogP contribution in [0.5, 0.6) is 5.75 Å². The third-order valence-corrected chi connectivity index (χ3v) is 4.06. The highest BCUT2D eigenvalue weighted by molar-refractivity contribution is 7.81. The Morgan fingerprint density at radius 1 is 1.31 bits per heavy atom. The number of benzene rings is 1. The number of aliphatic hydroxyl groups is 1. The molecule has 0 aromatic heterocycles. The Bertz CT molecular complexity index is 705. The molecule has 3 atom stereocenters. The molecule has 9 heteroatoms. The van der Waals surface area contributed by atoms with E-state index in [4.69, 9.17) is 9.47 Å². The highest BCUT2D eigenvalue weighted by atomic mass is 32.1. The number of thiol groups is 1. The van der Waals surface area contributed by atoms with Crippen molar-refractivity contribution >= 4 is 30.4 Å².